The number of allylic oxidation sites excluding steroid dienone is 1. The number of benzene rings is 1. The van der Waals surface area contributed by atoms with Crippen LogP contribution in [0.5, 0.6) is 0 Å². The summed E-state index contributed by atoms with van der Waals surface area (Å²) in [7, 11) is 4.01. The molecule has 1 atom stereocenters. The molecule has 0 saturated carbocycles. The van der Waals surface area contributed by atoms with E-state index >= 15 is 0 Å². The molecular weight excluding hydrogens is 402 g/mol. The molecule has 30 heavy (non-hydrogen) atoms. The molecule has 1 aromatic carbocycles. The second kappa shape index (κ2) is 9.49. The van der Waals surface area contributed by atoms with Gasteiger partial charge in [-0.3, -0.25) is 4.79 Å². The summed E-state index contributed by atoms with van der Waals surface area (Å²) >= 11 is 6.52. The van der Waals surface area contributed by atoms with Crippen molar-refractivity contribution in [1.29, 1.82) is 0 Å². The molecule has 1 unspecified atom stereocenters. The molecule has 0 bridgehead atoms. The largest absolute Gasteiger partial charge is 0.463 e. The predicted octanol–water partition coefficient (Wildman–Crippen LogP) is 3.85. The molecule has 0 amide bonds. The van der Waals surface area contributed by atoms with E-state index in [-0.39, 0.29) is 12.2 Å². The highest BCUT2D eigenvalue weighted by molar-refractivity contribution is 6.31. The Labute approximate surface area is 182 Å². The molecule has 1 N–H and O–H groups in total. The Bertz CT molecular complexity index is 1030. The highest BCUT2D eigenvalue weighted by Crippen LogP contribution is 2.42. The van der Waals surface area contributed by atoms with Crippen LogP contribution in [-0.4, -0.2) is 42.7 Å². The number of rotatable bonds is 7. The molecule has 0 radical (unpaired) electrons. The zero-order valence-corrected chi connectivity index (χ0v) is 18.6. The first-order valence-electron chi connectivity index (χ1n) is 10.1. The van der Waals surface area contributed by atoms with Crippen molar-refractivity contribution in [2.45, 2.75) is 32.7 Å². The maximum atomic E-state index is 13.5. The number of ether oxygens (including phenoxy) is 1. The molecule has 0 saturated heterocycles. The molecule has 2 aromatic rings. The number of hydrogen-bond donors (Lipinski definition) is 1. The van der Waals surface area contributed by atoms with Crippen molar-refractivity contribution in [3.05, 3.63) is 74.3 Å². The standard InChI is InChI=1S/C23H28ClN3O3/c1-5-30-23(29)19-15(2)25-18-11-14-27(13-8-12-26(3)4)22(28)21(18)20(19)16-9-6-7-10-17(16)24/h6-7,9-11,14,20,25H,5,8,12-13H2,1-4H3. The van der Waals surface area contributed by atoms with Gasteiger partial charge in [-0.2, -0.15) is 0 Å². The van der Waals surface area contributed by atoms with Crippen LogP contribution in [-0.2, 0) is 16.1 Å². The van der Waals surface area contributed by atoms with Crippen LogP contribution in [0, 0.1) is 0 Å². The monoisotopic (exact) mass is 429 g/mol. The first-order valence-corrected chi connectivity index (χ1v) is 10.5. The highest BCUT2D eigenvalue weighted by atomic mass is 35.5. The Hall–Kier alpha value is -2.57. The quantitative estimate of drug-likeness (QED) is 0.677. The molecule has 7 heteroatoms. The molecule has 160 valence electrons. The van der Waals surface area contributed by atoms with Gasteiger partial charge >= 0.3 is 5.97 Å². The van der Waals surface area contributed by atoms with Crippen molar-refractivity contribution in [1.82, 2.24) is 9.47 Å². The number of carbonyl (C=O) groups excluding carboxylic acids is 1. The maximum absolute atomic E-state index is 13.5. The van der Waals surface area contributed by atoms with Crippen molar-refractivity contribution < 1.29 is 9.53 Å². The Morgan fingerprint density at radius 1 is 1.27 bits per heavy atom. The summed E-state index contributed by atoms with van der Waals surface area (Å²) in [5.74, 6) is -1.04. The summed E-state index contributed by atoms with van der Waals surface area (Å²) in [4.78, 5) is 28.5. The van der Waals surface area contributed by atoms with E-state index in [0.717, 1.165) is 13.0 Å². The zero-order chi connectivity index (χ0) is 21.8. The van der Waals surface area contributed by atoms with Crippen molar-refractivity contribution in [3.63, 3.8) is 0 Å². The van der Waals surface area contributed by atoms with Crippen LogP contribution in [0.4, 0.5) is 5.69 Å². The minimum Gasteiger partial charge on any atom is -0.463 e. The first kappa shape index (κ1) is 22.1. The van der Waals surface area contributed by atoms with Gasteiger partial charge in [0.05, 0.1) is 23.7 Å². The van der Waals surface area contributed by atoms with Crippen LogP contribution in [0.2, 0.25) is 5.02 Å². The average molecular weight is 430 g/mol. The number of hydrogen-bond acceptors (Lipinski definition) is 5. The van der Waals surface area contributed by atoms with Crippen molar-refractivity contribution in [2.75, 3.05) is 32.6 Å². The maximum Gasteiger partial charge on any atom is 0.336 e. The van der Waals surface area contributed by atoms with Crippen molar-refractivity contribution in [2.24, 2.45) is 0 Å². The van der Waals surface area contributed by atoms with E-state index in [1.165, 1.54) is 0 Å². The van der Waals surface area contributed by atoms with Gasteiger partial charge in [0.2, 0.25) is 0 Å². The lowest BCUT2D eigenvalue weighted by atomic mass is 9.81. The fourth-order valence-electron chi connectivity index (χ4n) is 3.84. The number of halogens is 1. The fraction of sp³-hybridized carbons (Fsp3) is 0.391. The average Bonchev–Trinajstić information content (AvgIpc) is 2.69. The molecule has 0 aliphatic carbocycles. The summed E-state index contributed by atoms with van der Waals surface area (Å²) in [5, 5.41) is 3.73. The topological polar surface area (TPSA) is 63.6 Å². The van der Waals surface area contributed by atoms with Crippen LogP contribution in [0.3, 0.4) is 0 Å². The Balaban J connectivity index is 2.16. The van der Waals surface area contributed by atoms with E-state index < -0.39 is 11.9 Å². The van der Waals surface area contributed by atoms with Crippen LogP contribution in [0.25, 0.3) is 0 Å². The number of fused-ring (bicyclic) bond motifs is 1. The van der Waals surface area contributed by atoms with Gasteiger partial charge in [-0.25, -0.2) is 4.79 Å². The number of aryl methyl sites for hydroxylation is 1. The van der Waals surface area contributed by atoms with E-state index in [1.54, 1.807) is 23.8 Å². The molecule has 3 rings (SSSR count). The van der Waals surface area contributed by atoms with Crippen LogP contribution in [0.15, 0.2) is 52.6 Å². The van der Waals surface area contributed by atoms with E-state index in [9.17, 15) is 9.59 Å². The third-order valence-corrected chi connectivity index (χ3v) is 5.57. The lowest BCUT2D eigenvalue weighted by Gasteiger charge is -2.30. The molecule has 1 aliphatic rings. The second-order valence-electron chi connectivity index (χ2n) is 7.64. The normalized spacial score (nSPS) is 15.7. The van der Waals surface area contributed by atoms with Crippen molar-refractivity contribution >= 4 is 23.3 Å². The van der Waals surface area contributed by atoms with E-state index in [1.807, 2.05) is 45.3 Å². The fourth-order valence-corrected chi connectivity index (χ4v) is 4.09. The molecule has 0 fully saturated rings. The predicted molar refractivity (Wildman–Crippen MR) is 120 cm³/mol. The lowest BCUT2D eigenvalue weighted by Crippen LogP contribution is -2.33. The van der Waals surface area contributed by atoms with Gasteiger partial charge in [-0.15, -0.1) is 0 Å². The Morgan fingerprint density at radius 2 is 2.00 bits per heavy atom. The van der Waals surface area contributed by atoms with Crippen molar-refractivity contribution in [3.8, 4) is 0 Å². The third-order valence-electron chi connectivity index (χ3n) is 5.22. The molecule has 6 nitrogen and oxygen atoms in total. The second-order valence-corrected chi connectivity index (χ2v) is 8.04. The minimum atomic E-state index is -0.595. The lowest BCUT2D eigenvalue weighted by molar-refractivity contribution is -0.138. The van der Waals surface area contributed by atoms with E-state index in [4.69, 9.17) is 16.3 Å². The van der Waals surface area contributed by atoms with Crippen LogP contribution in [0.1, 0.15) is 37.3 Å². The number of anilines is 1. The number of carbonyl (C=O) groups is 1. The minimum absolute atomic E-state index is 0.127. The summed E-state index contributed by atoms with van der Waals surface area (Å²) in [5.41, 5.74) is 2.88. The number of pyridine rings is 1. The number of nitrogens with one attached hydrogen (secondary N) is 1. The van der Waals surface area contributed by atoms with Gasteiger partial charge in [-0.05, 0) is 58.6 Å². The van der Waals surface area contributed by atoms with Gasteiger partial charge in [0.1, 0.15) is 0 Å². The van der Waals surface area contributed by atoms with E-state index in [2.05, 4.69) is 10.2 Å². The number of esters is 1. The van der Waals surface area contributed by atoms with Gasteiger partial charge in [0.15, 0.2) is 0 Å². The molecule has 0 spiro atoms. The van der Waals surface area contributed by atoms with Crippen LogP contribution >= 0.6 is 11.6 Å². The van der Waals surface area contributed by atoms with Gasteiger partial charge < -0.3 is 19.5 Å². The summed E-state index contributed by atoms with van der Waals surface area (Å²) in [6.45, 7) is 5.31. The number of aromatic nitrogens is 1. The van der Waals surface area contributed by atoms with Crippen LogP contribution < -0.4 is 10.9 Å². The Kier molecular flexibility index (Phi) is 7.00. The van der Waals surface area contributed by atoms with Gasteiger partial charge in [-0.1, -0.05) is 29.8 Å². The molecule has 1 aliphatic heterocycles. The van der Waals surface area contributed by atoms with E-state index in [0.29, 0.717) is 39.7 Å². The SMILES string of the molecule is CCOC(=O)C1=C(C)Nc2ccn(CCCN(C)C)c(=O)c2C1c1ccccc1Cl. The summed E-state index contributed by atoms with van der Waals surface area (Å²) in [6, 6.07) is 9.22. The highest BCUT2D eigenvalue weighted by Gasteiger charge is 2.36. The summed E-state index contributed by atoms with van der Waals surface area (Å²) in [6.07, 6.45) is 2.64. The summed E-state index contributed by atoms with van der Waals surface area (Å²) < 4.78 is 7.03. The molecule has 2 heterocycles. The molecular formula is C23H28ClN3O3. The first-order chi connectivity index (χ1) is 14.3. The Morgan fingerprint density at radius 3 is 2.67 bits per heavy atom. The smallest absolute Gasteiger partial charge is 0.336 e. The molecule has 1 aromatic heterocycles. The van der Waals surface area contributed by atoms with Gasteiger partial charge in [0.25, 0.3) is 5.56 Å². The van der Waals surface area contributed by atoms with Gasteiger partial charge in [0, 0.05) is 29.1 Å². The number of nitrogens with zero attached hydrogens (tertiary/aromatic N) is 2. The zero-order valence-electron chi connectivity index (χ0n) is 17.9. The third kappa shape index (κ3) is 4.45.